The quantitative estimate of drug-likeness (QED) is 0.477. The van der Waals surface area contributed by atoms with E-state index in [-0.39, 0.29) is 0 Å². The molecule has 0 atom stereocenters. The highest BCUT2D eigenvalue weighted by atomic mass is 32.1. The summed E-state index contributed by atoms with van der Waals surface area (Å²) in [5.74, 6) is 0. The smallest absolute Gasteiger partial charge is 0.194 e. The zero-order chi connectivity index (χ0) is 17.2. The largest absolute Gasteiger partial charge is 0.256 e. The Morgan fingerprint density at radius 2 is 1.64 bits per heavy atom. The SMILES string of the molecule is Cc1ccc(-c2sc(C)cc2[B]c2ccccc2-c2ccccn2)s1. The van der Waals surface area contributed by atoms with E-state index in [9.17, 15) is 0 Å². The lowest BCUT2D eigenvalue weighted by molar-refractivity contribution is 1.33. The maximum absolute atomic E-state index is 4.53. The summed E-state index contributed by atoms with van der Waals surface area (Å²) in [6.07, 6.45) is 1.85. The third-order valence-corrected chi connectivity index (χ3v) is 6.31. The number of pyridine rings is 1. The summed E-state index contributed by atoms with van der Waals surface area (Å²) in [5.41, 5.74) is 4.66. The van der Waals surface area contributed by atoms with E-state index in [2.05, 4.69) is 74.6 Å². The standard InChI is InChI=1S/C21H17BNS2/c1-14-10-11-20(24-14)21-18(13-15(2)25-21)22-17-8-4-3-7-16(17)19-9-5-6-12-23-19/h3-13H,1-2H3. The van der Waals surface area contributed by atoms with Crippen LogP contribution in [0, 0.1) is 13.8 Å². The molecule has 3 aromatic heterocycles. The molecule has 1 radical (unpaired) electrons. The summed E-state index contributed by atoms with van der Waals surface area (Å²) in [6, 6.07) is 21.2. The molecule has 0 aliphatic carbocycles. The van der Waals surface area contributed by atoms with Gasteiger partial charge in [0.1, 0.15) is 0 Å². The molecule has 25 heavy (non-hydrogen) atoms. The van der Waals surface area contributed by atoms with Crippen LogP contribution in [0.25, 0.3) is 21.0 Å². The highest BCUT2D eigenvalue weighted by molar-refractivity contribution is 7.23. The summed E-state index contributed by atoms with van der Waals surface area (Å²) in [4.78, 5) is 9.91. The normalized spacial score (nSPS) is 10.8. The second-order valence-corrected chi connectivity index (χ2v) is 8.54. The van der Waals surface area contributed by atoms with Gasteiger partial charge in [0.05, 0.1) is 5.69 Å². The van der Waals surface area contributed by atoms with Crippen molar-refractivity contribution in [3.63, 3.8) is 0 Å². The van der Waals surface area contributed by atoms with Crippen molar-refractivity contribution < 1.29 is 0 Å². The number of aromatic nitrogens is 1. The zero-order valence-corrected chi connectivity index (χ0v) is 15.8. The van der Waals surface area contributed by atoms with Gasteiger partial charge in [-0.1, -0.05) is 47.3 Å². The fraction of sp³-hybridized carbons (Fsp3) is 0.0952. The molecule has 0 saturated carbocycles. The molecule has 0 aliphatic heterocycles. The van der Waals surface area contributed by atoms with Crippen LogP contribution in [0.15, 0.2) is 66.9 Å². The van der Waals surface area contributed by atoms with Gasteiger partial charge in [0.25, 0.3) is 0 Å². The molecule has 0 fully saturated rings. The first-order valence-corrected chi connectivity index (χ1v) is 9.86. The van der Waals surface area contributed by atoms with Gasteiger partial charge in [0.2, 0.25) is 0 Å². The number of benzene rings is 1. The molecule has 4 rings (SSSR count). The number of rotatable bonds is 4. The molecule has 0 bridgehead atoms. The first-order valence-electron chi connectivity index (χ1n) is 8.23. The van der Waals surface area contributed by atoms with Crippen LogP contribution in [0.5, 0.6) is 0 Å². The minimum absolute atomic E-state index is 1.01. The number of hydrogen-bond acceptors (Lipinski definition) is 3. The molecule has 0 amide bonds. The van der Waals surface area contributed by atoms with Gasteiger partial charge in [-0.25, -0.2) is 0 Å². The Morgan fingerprint density at radius 1 is 0.800 bits per heavy atom. The number of hydrogen-bond donors (Lipinski definition) is 0. The first kappa shape index (κ1) is 16.3. The molecule has 0 spiro atoms. The highest BCUT2D eigenvalue weighted by Gasteiger charge is 2.15. The summed E-state index contributed by atoms with van der Waals surface area (Å²) in [6.45, 7) is 4.34. The third kappa shape index (κ3) is 3.46. The van der Waals surface area contributed by atoms with Crippen LogP contribution >= 0.6 is 22.7 Å². The van der Waals surface area contributed by atoms with Crippen LogP contribution < -0.4 is 10.9 Å². The summed E-state index contributed by atoms with van der Waals surface area (Å²) < 4.78 is 0. The van der Waals surface area contributed by atoms with Gasteiger partial charge in [-0.3, -0.25) is 4.98 Å². The zero-order valence-electron chi connectivity index (χ0n) is 14.2. The van der Waals surface area contributed by atoms with E-state index in [0.29, 0.717) is 0 Å². The van der Waals surface area contributed by atoms with Crippen LogP contribution in [0.4, 0.5) is 0 Å². The number of aryl methyl sites for hydroxylation is 2. The molecule has 0 N–H and O–H groups in total. The number of thiophene rings is 2. The van der Waals surface area contributed by atoms with Gasteiger partial charge in [-0.05, 0) is 43.7 Å². The predicted molar refractivity (Wildman–Crippen MR) is 112 cm³/mol. The maximum Gasteiger partial charge on any atom is 0.194 e. The number of nitrogens with zero attached hydrogens (tertiary/aromatic N) is 1. The molecule has 1 nitrogen and oxygen atoms in total. The third-order valence-electron chi connectivity index (χ3n) is 4.06. The Morgan fingerprint density at radius 3 is 2.40 bits per heavy atom. The molecular weight excluding hydrogens is 341 g/mol. The Kier molecular flexibility index (Phi) is 4.56. The van der Waals surface area contributed by atoms with Gasteiger partial charge in [0, 0.05) is 25.7 Å². The lowest BCUT2D eigenvalue weighted by Crippen LogP contribution is -2.28. The van der Waals surface area contributed by atoms with E-state index in [1.54, 1.807) is 0 Å². The van der Waals surface area contributed by atoms with E-state index in [4.69, 9.17) is 0 Å². The van der Waals surface area contributed by atoms with Crippen molar-refractivity contribution in [2.45, 2.75) is 13.8 Å². The summed E-state index contributed by atoms with van der Waals surface area (Å²) in [7, 11) is 2.29. The average molecular weight is 358 g/mol. The van der Waals surface area contributed by atoms with Crippen LogP contribution in [0.3, 0.4) is 0 Å². The van der Waals surface area contributed by atoms with Gasteiger partial charge < -0.3 is 0 Å². The van der Waals surface area contributed by atoms with E-state index >= 15 is 0 Å². The van der Waals surface area contributed by atoms with Crippen LogP contribution in [0.2, 0.25) is 0 Å². The topological polar surface area (TPSA) is 12.9 Å². The average Bonchev–Trinajstić information content (AvgIpc) is 3.21. The van der Waals surface area contributed by atoms with Crippen molar-refractivity contribution in [2.24, 2.45) is 0 Å². The fourth-order valence-electron chi connectivity index (χ4n) is 2.94. The molecule has 0 unspecified atom stereocenters. The van der Waals surface area contributed by atoms with E-state index in [1.165, 1.54) is 36.0 Å². The second kappa shape index (κ2) is 6.99. The summed E-state index contributed by atoms with van der Waals surface area (Å²) >= 11 is 3.72. The van der Waals surface area contributed by atoms with Gasteiger partial charge in [-0.2, -0.15) is 0 Å². The van der Waals surface area contributed by atoms with E-state index in [0.717, 1.165) is 5.69 Å². The van der Waals surface area contributed by atoms with Crippen molar-refractivity contribution in [2.75, 3.05) is 0 Å². The van der Waals surface area contributed by atoms with Gasteiger partial charge >= 0.3 is 0 Å². The molecule has 4 heteroatoms. The van der Waals surface area contributed by atoms with E-state index in [1.807, 2.05) is 41.0 Å². The van der Waals surface area contributed by atoms with Crippen molar-refractivity contribution in [1.29, 1.82) is 0 Å². The fourth-order valence-corrected chi connectivity index (χ4v) is 4.93. The van der Waals surface area contributed by atoms with Gasteiger partial charge in [-0.15, -0.1) is 22.7 Å². The Hall–Kier alpha value is -2.17. The monoisotopic (exact) mass is 358 g/mol. The van der Waals surface area contributed by atoms with E-state index < -0.39 is 0 Å². The van der Waals surface area contributed by atoms with Crippen molar-refractivity contribution >= 4 is 40.9 Å². The Bertz CT molecular complexity index is 1000. The molecule has 1 aromatic carbocycles. The summed E-state index contributed by atoms with van der Waals surface area (Å²) in [5, 5.41) is 0. The molecular formula is C21H17BNS2. The van der Waals surface area contributed by atoms with Crippen LogP contribution in [-0.4, -0.2) is 12.3 Å². The van der Waals surface area contributed by atoms with Crippen molar-refractivity contribution in [3.8, 4) is 21.0 Å². The molecule has 3 heterocycles. The maximum atomic E-state index is 4.53. The Labute approximate surface area is 157 Å². The molecule has 4 aromatic rings. The molecule has 0 saturated heterocycles. The molecule has 121 valence electrons. The van der Waals surface area contributed by atoms with Crippen molar-refractivity contribution in [3.05, 3.63) is 76.6 Å². The van der Waals surface area contributed by atoms with Crippen molar-refractivity contribution in [1.82, 2.24) is 4.98 Å². The minimum Gasteiger partial charge on any atom is -0.256 e. The highest BCUT2D eigenvalue weighted by Crippen LogP contribution is 2.31. The van der Waals surface area contributed by atoms with Gasteiger partial charge in [0.15, 0.2) is 7.28 Å². The predicted octanol–water partition coefficient (Wildman–Crippen LogP) is 4.81. The lowest BCUT2D eigenvalue weighted by Gasteiger charge is -2.08. The minimum atomic E-state index is 1.01. The first-order chi connectivity index (χ1) is 12.2. The van der Waals surface area contributed by atoms with Crippen LogP contribution in [0.1, 0.15) is 9.75 Å². The Balaban J connectivity index is 1.75. The van der Waals surface area contributed by atoms with Crippen LogP contribution in [-0.2, 0) is 0 Å². The molecule has 0 aliphatic rings. The lowest BCUT2D eigenvalue weighted by atomic mass is 9.62. The second-order valence-electron chi connectivity index (χ2n) is 6.00.